The molecule has 3 nitrogen and oxygen atoms in total. The standard InChI is InChI=1S/C49H34N2O/c1-49(2)41-25-14-24-39(47(41)40-27-32-17-6-7-18-33(32)28-42(40)49)35-20-9-10-21-36(35)43-30-44(51-48(50-43)31-15-4-3-5-16-31)37-22-11-12-23-38(37)46-29-34-19-8-13-26-45(34)52-46/h3-30H,1-2H3. The fourth-order valence-electron chi connectivity index (χ4n) is 8.11. The Morgan fingerprint density at radius 2 is 1.00 bits per heavy atom. The van der Waals surface area contributed by atoms with Gasteiger partial charge in [0.2, 0.25) is 0 Å². The molecule has 0 amide bonds. The van der Waals surface area contributed by atoms with Crippen LogP contribution in [0.4, 0.5) is 0 Å². The maximum absolute atomic E-state index is 6.39. The molecular formula is C49H34N2O. The molecule has 0 N–H and O–H groups in total. The highest BCUT2D eigenvalue weighted by Crippen LogP contribution is 2.54. The first-order chi connectivity index (χ1) is 25.5. The Kier molecular flexibility index (Phi) is 6.84. The van der Waals surface area contributed by atoms with Crippen LogP contribution in [0, 0.1) is 0 Å². The number of hydrogen-bond donors (Lipinski definition) is 0. The summed E-state index contributed by atoms with van der Waals surface area (Å²) in [6, 6.07) is 59.9. The highest BCUT2D eigenvalue weighted by Gasteiger charge is 2.37. The summed E-state index contributed by atoms with van der Waals surface area (Å²) in [5.74, 6) is 1.49. The van der Waals surface area contributed by atoms with Gasteiger partial charge in [0.25, 0.3) is 0 Å². The van der Waals surface area contributed by atoms with Gasteiger partial charge in [0.1, 0.15) is 11.3 Å². The van der Waals surface area contributed by atoms with E-state index in [2.05, 4.69) is 147 Å². The summed E-state index contributed by atoms with van der Waals surface area (Å²) in [5, 5.41) is 3.60. The molecule has 0 saturated carbocycles. The highest BCUT2D eigenvalue weighted by molar-refractivity contribution is 6.01. The van der Waals surface area contributed by atoms with E-state index in [-0.39, 0.29) is 5.41 Å². The van der Waals surface area contributed by atoms with Crippen LogP contribution in [0.5, 0.6) is 0 Å². The van der Waals surface area contributed by atoms with Crippen LogP contribution in [0.15, 0.2) is 174 Å². The van der Waals surface area contributed by atoms with Crippen molar-refractivity contribution < 1.29 is 4.42 Å². The number of hydrogen-bond acceptors (Lipinski definition) is 3. The third-order valence-corrected chi connectivity index (χ3v) is 10.7. The first-order valence-electron chi connectivity index (χ1n) is 17.8. The van der Waals surface area contributed by atoms with Crippen molar-refractivity contribution in [3.8, 4) is 67.5 Å². The van der Waals surface area contributed by atoms with Crippen molar-refractivity contribution in [1.29, 1.82) is 0 Å². The van der Waals surface area contributed by atoms with Crippen molar-refractivity contribution in [2.75, 3.05) is 0 Å². The zero-order valence-corrected chi connectivity index (χ0v) is 29.0. The van der Waals surface area contributed by atoms with Crippen LogP contribution in [0.25, 0.3) is 89.2 Å². The summed E-state index contributed by atoms with van der Waals surface area (Å²) >= 11 is 0. The quantitative estimate of drug-likeness (QED) is 0.183. The number of rotatable bonds is 5. The molecule has 52 heavy (non-hydrogen) atoms. The molecule has 0 atom stereocenters. The lowest BCUT2D eigenvalue weighted by molar-refractivity contribution is 0.632. The number of furan rings is 1. The molecule has 0 fully saturated rings. The predicted octanol–water partition coefficient (Wildman–Crippen LogP) is 13.0. The number of fused-ring (bicyclic) bond motifs is 5. The van der Waals surface area contributed by atoms with E-state index in [1.807, 2.05) is 36.4 Å². The fourth-order valence-corrected chi connectivity index (χ4v) is 8.11. The van der Waals surface area contributed by atoms with Crippen molar-refractivity contribution in [3.63, 3.8) is 0 Å². The molecule has 2 heterocycles. The molecule has 0 spiro atoms. The Labute approximate surface area is 302 Å². The highest BCUT2D eigenvalue weighted by atomic mass is 16.3. The van der Waals surface area contributed by atoms with Gasteiger partial charge in [-0.3, -0.25) is 0 Å². The summed E-state index contributed by atoms with van der Waals surface area (Å²) < 4.78 is 6.39. The molecule has 0 radical (unpaired) electrons. The van der Waals surface area contributed by atoms with E-state index in [1.54, 1.807) is 0 Å². The smallest absolute Gasteiger partial charge is 0.160 e. The lowest BCUT2D eigenvalue weighted by Crippen LogP contribution is -2.14. The van der Waals surface area contributed by atoms with Gasteiger partial charge >= 0.3 is 0 Å². The fraction of sp³-hybridized carbons (Fsp3) is 0.0612. The van der Waals surface area contributed by atoms with Gasteiger partial charge in [0, 0.05) is 33.1 Å². The first-order valence-corrected chi connectivity index (χ1v) is 17.8. The SMILES string of the molecule is CC1(C)c2cc3ccccc3cc2-c2c(-c3ccccc3-c3cc(-c4ccccc4-c4cc5ccccc5o4)nc(-c4ccccc4)n3)cccc21. The van der Waals surface area contributed by atoms with Gasteiger partial charge in [-0.05, 0) is 74.5 Å². The second-order valence-electron chi connectivity index (χ2n) is 14.2. The molecule has 1 aliphatic rings. The van der Waals surface area contributed by atoms with Crippen molar-refractivity contribution in [2.45, 2.75) is 19.3 Å². The van der Waals surface area contributed by atoms with Gasteiger partial charge < -0.3 is 4.42 Å². The molecule has 1 aliphatic carbocycles. The summed E-state index contributed by atoms with van der Waals surface area (Å²) in [6.45, 7) is 4.70. The van der Waals surface area contributed by atoms with Gasteiger partial charge in [-0.15, -0.1) is 0 Å². The average molecular weight is 667 g/mol. The van der Waals surface area contributed by atoms with Crippen molar-refractivity contribution >= 4 is 21.7 Å². The molecular weight excluding hydrogens is 633 g/mol. The third kappa shape index (κ3) is 4.81. The summed E-state index contributed by atoms with van der Waals surface area (Å²) in [4.78, 5) is 10.5. The lowest BCUT2D eigenvalue weighted by Gasteiger charge is -2.22. The predicted molar refractivity (Wildman–Crippen MR) is 214 cm³/mol. The molecule has 0 aliphatic heterocycles. The van der Waals surface area contributed by atoms with Gasteiger partial charge in [-0.25, -0.2) is 9.97 Å². The molecule has 2 aromatic heterocycles. The maximum Gasteiger partial charge on any atom is 0.160 e. The van der Waals surface area contributed by atoms with E-state index in [0.29, 0.717) is 5.82 Å². The van der Waals surface area contributed by atoms with Crippen LogP contribution >= 0.6 is 0 Å². The molecule has 246 valence electrons. The van der Waals surface area contributed by atoms with Gasteiger partial charge in [0.05, 0.1) is 11.4 Å². The van der Waals surface area contributed by atoms with Crippen LogP contribution in [0.2, 0.25) is 0 Å². The Bertz CT molecular complexity index is 2790. The zero-order valence-electron chi connectivity index (χ0n) is 29.0. The second-order valence-corrected chi connectivity index (χ2v) is 14.2. The Balaban J connectivity index is 1.19. The first kappa shape index (κ1) is 30.3. The summed E-state index contributed by atoms with van der Waals surface area (Å²) in [6.07, 6.45) is 0. The molecule has 0 unspecified atom stereocenters. The third-order valence-electron chi connectivity index (χ3n) is 10.7. The number of nitrogens with zero attached hydrogens (tertiary/aromatic N) is 2. The Hall–Kier alpha value is -6.58. The Morgan fingerprint density at radius 1 is 0.423 bits per heavy atom. The normalized spacial score (nSPS) is 13.0. The molecule has 10 rings (SSSR count). The minimum atomic E-state index is -0.136. The Morgan fingerprint density at radius 3 is 1.73 bits per heavy atom. The topological polar surface area (TPSA) is 38.9 Å². The van der Waals surface area contributed by atoms with E-state index in [0.717, 1.165) is 55.9 Å². The van der Waals surface area contributed by atoms with E-state index in [1.165, 1.54) is 38.6 Å². The molecule has 7 aromatic carbocycles. The van der Waals surface area contributed by atoms with Crippen LogP contribution in [0.3, 0.4) is 0 Å². The van der Waals surface area contributed by atoms with Crippen LogP contribution in [-0.2, 0) is 5.41 Å². The molecule has 9 aromatic rings. The summed E-state index contributed by atoms with van der Waals surface area (Å²) in [7, 11) is 0. The van der Waals surface area contributed by atoms with Crippen LogP contribution in [0.1, 0.15) is 25.0 Å². The van der Waals surface area contributed by atoms with E-state index in [4.69, 9.17) is 14.4 Å². The molecule has 0 saturated heterocycles. The monoisotopic (exact) mass is 666 g/mol. The number of benzene rings is 7. The number of aromatic nitrogens is 2. The van der Waals surface area contributed by atoms with Crippen LogP contribution in [-0.4, -0.2) is 9.97 Å². The summed E-state index contributed by atoms with van der Waals surface area (Å²) in [5.41, 5.74) is 14.1. The van der Waals surface area contributed by atoms with E-state index < -0.39 is 0 Å². The van der Waals surface area contributed by atoms with Gasteiger partial charge in [-0.2, -0.15) is 0 Å². The van der Waals surface area contributed by atoms with Crippen molar-refractivity contribution in [1.82, 2.24) is 9.97 Å². The van der Waals surface area contributed by atoms with Crippen molar-refractivity contribution in [2.24, 2.45) is 0 Å². The maximum atomic E-state index is 6.39. The largest absolute Gasteiger partial charge is 0.456 e. The van der Waals surface area contributed by atoms with Crippen LogP contribution < -0.4 is 0 Å². The molecule has 3 heteroatoms. The minimum Gasteiger partial charge on any atom is -0.456 e. The average Bonchev–Trinajstić information content (AvgIpc) is 3.73. The van der Waals surface area contributed by atoms with Gasteiger partial charge in [0.15, 0.2) is 5.82 Å². The van der Waals surface area contributed by atoms with Crippen molar-refractivity contribution in [3.05, 3.63) is 181 Å². The number of para-hydroxylation sites is 1. The molecule has 0 bridgehead atoms. The zero-order chi connectivity index (χ0) is 34.8. The minimum absolute atomic E-state index is 0.136. The van der Waals surface area contributed by atoms with E-state index in [9.17, 15) is 0 Å². The van der Waals surface area contributed by atoms with E-state index >= 15 is 0 Å². The lowest BCUT2D eigenvalue weighted by atomic mass is 9.81. The second kappa shape index (κ2) is 11.8. The van der Waals surface area contributed by atoms with Gasteiger partial charge in [-0.1, -0.05) is 153 Å².